The fourth-order valence-electron chi connectivity index (χ4n) is 1.99. The summed E-state index contributed by atoms with van der Waals surface area (Å²) in [6.45, 7) is 5.16. The van der Waals surface area contributed by atoms with Gasteiger partial charge in [0.15, 0.2) is 11.0 Å². The molecule has 104 valence electrons. The molecule has 0 aliphatic carbocycles. The Morgan fingerprint density at radius 3 is 2.79 bits per heavy atom. The molecule has 2 heterocycles. The van der Waals surface area contributed by atoms with Crippen molar-refractivity contribution >= 4 is 23.3 Å². The summed E-state index contributed by atoms with van der Waals surface area (Å²) in [4.78, 5) is 22.5. The minimum absolute atomic E-state index is 0.115. The molecule has 0 spiro atoms. The van der Waals surface area contributed by atoms with Gasteiger partial charge in [0, 0.05) is 13.6 Å². The number of nitrogens with zero attached hydrogens (tertiary/aromatic N) is 3. The van der Waals surface area contributed by atoms with Crippen LogP contribution in [0.2, 0.25) is 5.15 Å². The topological polar surface area (TPSA) is 67.3 Å². The van der Waals surface area contributed by atoms with Crippen LogP contribution < -0.4 is 10.2 Å². The number of amides is 1. The highest BCUT2D eigenvalue weighted by atomic mass is 35.5. The highest BCUT2D eigenvalue weighted by Crippen LogP contribution is 2.26. The Kier molecular flexibility index (Phi) is 4.21. The van der Waals surface area contributed by atoms with E-state index >= 15 is 0 Å². The Labute approximate surface area is 117 Å². The molecule has 1 aliphatic rings. The van der Waals surface area contributed by atoms with Crippen LogP contribution >= 0.6 is 11.6 Å². The van der Waals surface area contributed by atoms with Gasteiger partial charge in [-0.15, -0.1) is 0 Å². The number of carbonyl (C=O) groups is 1. The average Bonchev–Trinajstić information content (AvgIpc) is 2.42. The number of hydrogen-bond donors (Lipinski definition) is 1. The predicted molar refractivity (Wildman–Crippen MR) is 72.5 cm³/mol. The molecule has 1 amide bonds. The Bertz CT molecular complexity index is 495. The molecule has 0 saturated carbocycles. The van der Waals surface area contributed by atoms with E-state index in [9.17, 15) is 4.79 Å². The van der Waals surface area contributed by atoms with Gasteiger partial charge < -0.3 is 15.0 Å². The number of halogens is 1. The van der Waals surface area contributed by atoms with Gasteiger partial charge in [0.25, 0.3) is 0 Å². The number of rotatable bonds is 2. The zero-order valence-electron chi connectivity index (χ0n) is 11.2. The summed E-state index contributed by atoms with van der Waals surface area (Å²) in [5.74, 6) is 0.428. The van der Waals surface area contributed by atoms with Crippen molar-refractivity contribution in [2.75, 3.05) is 31.7 Å². The second kappa shape index (κ2) is 5.71. The predicted octanol–water partition coefficient (Wildman–Crippen LogP) is 0.698. The maximum absolute atomic E-state index is 11.9. The van der Waals surface area contributed by atoms with Crippen LogP contribution in [0.25, 0.3) is 0 Å². The molecule has 1 aromatic rings. The van der Waals surface area contributed by atoms with E-state index in [1.807, 2.05) is 18.7 Å². The third-order valence-electron chi connectivity index (χ3n) is 3.20. The quantitative estimate of drug-likeness (QED) is 0.866. The van der Waals surface area contributed by atoms with Crippen molar-refractivity contribution in [2.24, 2.45) is 0 Å². The number of hydrogen-bond acceptors (Lipinski definition) is 5. The Hall–Kier alpha value is -1.40. The second-order valence-corrected chi connectivity index (χ2v) is 4.77. The van der Waals surface area contributed by atoms with Gasteiger partial charge in [-0.1, -0.05) is 11.6 Å². The maximum Gasteiger partial charge on any atom is 0.244 e. The van der Waals surface area contributed by atoms with Crippen molar-refractivity contribution in [1.82, 2.24) is 15.3 Å². The Morgan fingerprint density at radius 1 is 1.42 bits per heavy atom. The summed E-state index contributed by atoms with van der Waals surface area (Å²) >= 11 is 6.16. The normalized spacial score (nSPS) is 19.4. The molecule has 0 aromatic carbocycles. The number of carbonyl (C=O) groups excluding carboxylic acids is 1. The van der Waals surface area contributed by atoms with E-state index in [1.165, 1.54) is 0 Å². The number of anilines is 1. The second-order valence-electron chi connectivity index (χ2n) is 4.41. The highest BCUT2D eigenvalue weighted by Gasteiger charge is 2.31. The van der Waals surface area contributed by atoms with Gasteiger partial charge in [-0.25, -0.2) is 9.97 Å². The van der Waals surface area contributed by atoms with Crippen molar-refractivity contribution < 1.29 is 9.53 Å². The molecule has 1 unspecified atom stereocenters. The van der Waals surface area contributed by atoms with E-state index in [-0.39, 0.29) is 5.91 Å². The third kappa shape index (κ3) is 2.79. The first kappa shape index (κ1) is 14.0. The van der Waals surface area contributed by atoms with Crippen LogP contribution in [-0.4, -0.2) is 48.7 Å². The van der Waals surface area contributed by atoms with Gasteiger partial charge in [-0.2, -0.15) is 0 Å². The number of ether oxygens (including phenoxy) is 1. The summed E-state index contributed by atoms with van der Waals surface area (Å²) in [5, 5.41) is 2.95. The molecular formula is C12H17ClN4O2. The van der Waals surface area contributed by atoms with Crippen LogP contribution in [-0.2, 0) is 9.53 Å². The first-order valence-corrected chi connectivity index (χ1v) is 6.49. The lowest BCUT2D eigenvalue weighted by Crippen LogP contribution is -2.53. The Balaban J connectivity index is 2.37. The molecule has 1 fully saturated rings. The van der Waals surface area contributed by atoms with Gasteiger partial charge in [0.1, 0.15) is 6.04 Å². The molecule has 0 radical (unpaired) electrons. The third-order valence-corrected chi connectivity index (χ3v) is 3.45. The highest BCUT2D eigenvalue weighted by molar-refractivity contribution is 6.31. The van der Waals surface area contributed by atoms with Gasteiger partial charge in [-0.05, 0) is 13.8 Å². The van der Waals surface area contributed by atoms with Crippen molar-refractivity contribution in [3.63, 3.8) is 0 Å². The van der Waals surface area contributed by atoms with Crippen molar-refractivity contribution in [1.29, 1.82) is 0 Å². The molecule has 19 heavy (non-hydrogen) atoms. The molecule has 1 atom stereocenters. The van der Waals surface area contributed by atoms with E-state index in [4.69, 9.17) is 16.3 Å². The van der Waals surface area contributed by atoms with Crippen LogP contribution in [0, 0.1) is 13.8 Å². The minimum Gasteiger partial charge on any atom is -0.377 e. The Morgan fingerprint density at radius 2 is 2.11 bits per heavy atom. The van der Waals surface area contributed by atoms with Crippen molar-refractivity contribution in [3.05, 3.63) is 16.5 Å². The van der Waals surface area contributed by atoms with Crippen LogP contribution in [0.1, 0.15) is 11.4 Å². The van der Waals surface area contributed by atoms with Gasteiger partial charge in [0.2, 0.25) is 5.91 Å². The lowest BCUT2D eigenvalue weighted by atomic mass is 10.2. The van der Waals surface area contributed by atoms with E-state index < -0.39 is 6.04 Å². The number of nitrogens with one attached hydrogen (secondary N) is 1. The maximum atomic E-state index is 11.9. The molecule has 0 bridgehead atoms. The standard InChI is InChI=1S/C12H17ClN4O2/c1-7-8(2)16-11(10(13)15-7)17-4-5-19-6-9(17)12(18)14-3/h9H,4-6H2,1-3H3,(H,14,18). The number of aromatic nitrogens is 2. The molecule has 1 aliphatic heterocycles. The molecule has 1 aromatic heterocycles. The van der Waals surface area contributed by atoms with Crippen molar-refractivity contribution in [3.8, 4) is 0 Å². The van der Waals surface area contributed by atoms with Gasteiger partial charge in [-0.3, -0.25) is 4.79 Å². The summed E-state index contributed by atoms with van der Waals surface area (Å²) < 4.78 is 5.36. The van der Waals surface area contributed by atoms with Crippen LogP contribution in [0.4, 0.5) is 5.82 Å². The molecule has 6 nitrogen and oxygen atoms in total. The van der Waals surface area contributed by atoms with E-state index in [0.717, 1.165) is 11.4 Å². The molecule has 2 rings (SSSR count). The van der Waals surface area contributed by atoms with E-state index in [0.29, 0.717) is 30.7 Å². The zero-order chi connectivity index (χ0) is 14.0. The molecule has 1 N–H and O–H groups in total. The smallest absolute Gasteiger partial charge is 0.244 e. The number of likely N-dealkylation sites (N-methyl/N-ethyl adjacent to an activating group) is 1. The first-order valence-electron chi connectivity index (χ1n) is 6.11. The van der Waals surface area contributed by atoms with Crippen LogP contribution in [0.3, 0.4) is 0 Å². The lowest BCUT2D eigenvalue weighted by Gasteiger charge is -2.35. The van der Waals surface area contributed by atoms with Crippen LogP contribution in [0.15, 0.2) is 0 Å². The summed E-state index contributed by atoms with van der Waals surface area (Å²) in [5.41, 5.74) is 1.60. The largest absolute Gasteiger partial charge is 0.377 e. The lowest BCUT2D eigenvalue weighted by molar-refractivity contribution is -0.124. The van der Waals surface area contributed by atoms with E-state index in [1.54, 1.807) is 7.05 Å². The zero-order valence-corrected chi connectivity index (χ0v) is 12.0. The van der Waals surface area contributed by atoms with Gasteiger partial charge in [0.05, 0.1) is 24.6 Å². The SMILES string of the molecule is CNC(=O)C1COCCN1c1nc(C)c(C)nc1Cl. The summed E-state index contributed by atoms with van der Waals surface area (Å²) in [6.07, 6.45) is 0. The fourth-order valence-corrected chi connectivity index (χ4v) is 2.27. The monoisotopic (exact) mass is 284 g/mol. The number of morpholine rings is 1. The molecule has 1 saturated heterocycles. The minimum atomic E-state index is -0.423. The summed E-state index contributed by atoms with van der Waals surface area (Å²) in [7, 11) is 1.60. The fraction of sp³-hybridized carbons (Fsp3) is 0.583. The van der Waals surface area contributed by atoms with E-state index in [2.05, 4.69) is 15.3 Å². The van der Waals surface area contributed by atoms with Crippen molar-refractivity contribution in [2.45, 2.75) is 19.9 Å². The molecule has 7 heteroatoms. The van der Waals surface area contributed by atoms with Gasteiger partial charge >= 0.3 is 0 Å². The molecular weight excluding hydrogens is 268 g/mol. The number of aryl methyl sites for hydroxylation is 2. The average molecular weight is 285 g/mol. The van der Waals surface area contributed by atoms with Crippen LogP contribution in [0.5, 0.6) is 0 Å². The summed E-state index contributed by atoms with van der Waals surface area (Å²) in [6, 6.07) is -0.423. The first-order chi connectivity index (χ1) is 9.04.